The highest BCUT2D eigenvalue weighted by Gasteiger charge is 2.07. The predicted octanol–water partition coefficient (Wildman–Crippen LogP) is 7.20. The van der Waals surface area contributed by atoms with E-state index in [-0.39, 0.29) is 24.1 Å². The van der Waals surface area contributed by atoms with Crippen molar-refractivity contribution in [2.24, 2.45) is 0 Å². The summed E-state index contributed by atoms with van der Waals surface area (Å²) >= 11 is 0. The zero-order valence-electron chi connectivity index (χ0n) is 23.9. The fourth-order valence-electron chi connectivity index (χ4n) is 3.83. The molecule has 6 nitrogen and oxygen atoms in total. The summed E-state index contributed by atoms with van der Waals surface area (Å²) in [5, 5.41) is 0. The zero-order chi connectivity index (χ0) is 29.0. The molecule has 0 aliphatic carbocycles. The van der Waals surface area contributed by atoms with E-state index in [4.69, 9.17) is 18.9 Å². The largest absolute Gasteiger partial charge is 0.494 e. The van der Waals surface area contributed by atoms with Crippen molar-refractivity contribution in [3.63, 3.8) is 0 Å². The molecule has 0 aliphatic heterocycles. The monoisotopic (exact) mass is 546 g/mol. The van der Waals surface area contributed by atoms with Crippen LogP contribution in [0.5, 0.6) is 11.5 Å². The predicted molar refractivity (Wildman–Crippen MR) is 158 cm³/mol. The van der Waals surface area contributed by atoms with Crippen molar-refractivity contribution in [2.75, 3.05) is 13.2 Å². The third-order valence-electron chi connectivity index (χ3n) is 6.08. The molecule has 40 heavy (non-hydrogen) atoms. The van der Waals surface area contributed by atoms with E-state index in [0.29, 0.717) is 13.2 Å². The van der Waals surface area contributed by atoms with Crippen LogP contribution in [-0.2, 0) is 19.1 Å². The molecule has 0 spiro atoms. The van der Waals surface area contributed by atoms with E-state index in [9.17, 15) is 9.59 Å². The van der Waals surface area contributed by atoms with Crippen molar-refractivity contribution < 1.29 is 28.5 Å². The lowest BCUT2D eigenvalue weighted by Crippen LogP contribution is -2.12. The van der Waals surface area contributed by atoms with Gasteiger partial charge >= 0.3 is 11.9 Å². The summed E-state index contributed by atoms with van der Waals surface area (Å²) < 4.78 is 22.0. The molecule has 6 heteroatoms. The van der Waals surface area contributed by atoms with Gasteiger partial charge in [-0.3, -0.25) is 0 Å². The average Bonchev–Trinajstić information content (AvgIpc) is 2.96. The van der Waals surface area contributed by atoms with Crippen LogP contribution in [0, 0.1) is 11.8 Å². The van der Waals surface area contributed by atoms with Crippen molar-refractivity contribution in [3.8, 4) is 23.3 Å². The van der Waals surface area contributed by atoms with Gasteiger partial charge in [-0.25, -0.2) is 9.59 Å². The van der Waals surface area contributed by atoms with Gasteiger partial charge < -0.3 is 18.9 Å². The first kappa shape index (κ1) is 32.2. The smallest absolute Gasteiger partial charge is 0.330 e. The van der Waals surface area contributed by atoms with Crippen LogP contribution in [0.3, 0.4) is 0 Å². The van der Waals surface area contributed by atoms with Crippen molar-refractivity contribution in [1.82, 2.24) is 0 Å². The topological polar surface area (TPSA) is 71.1 Å². The first-order valence-electron chi connectivity index (χ1n) is 14.0. The van der Waals surface area contributed by atoms with Gasteiger partial charge in [0.05, 0.1) is 25.4 Å². The zero-order valence-corrected chi connectivity index (χ0v) is 23.9. The molecule has 0 saturated carbocycles. The molecule has 0 N–H and O–H groups in total. The SMILES string of the molecule is C=CC(=O)OC(C)CCCCCOc1ccc(C#Cc2ccc(OCCCCCC(C)OC(=O)C=C)cc2)cc1. The number of hydrogen-bond donors (Lipinski definition) is 0. The first-order chi connectivity index (χ1) is 19.4. The molecule has 0 bridgehead atoms. The summed E-state index contributed by atoms with van der Waals surface area (Å²) in [5.41, 5.74) is 1.84. The van der Waals surface area contributed by atoms with Gasteiger partial charge in [-0.05, 0) is 114 Å². The Kier molecular flexibility index (Phi) is 15.4. The van der Waals surface area contributed by atoms with Crippen molar-refractivity contribution in [3.05, 3.63) is 85.0 Å². The van der Waals surface area contributed by atoms with Crippen LogP contribution in [0.25, 0.3) is 0 Å². The highest BCUT2D eigenvalue weighted by Crippen LogP contribution is 2.15. The molecule has 0 aromatic heterocycles. The van der Waals surface area contributed by atoms with Crippen LogP contribution in [0.2, 0.25) is 0 Å². The normalized spacial score (nSPS) is 11.8. The number of carbonyl (C=O) groups excluding carboxylic acids is 2. The lowest BCUT2D eigenvalue weighted by atomic mass is 10.1. The van der Waals surface area contributed by atoms with Crippen molar-refractivity contribution in [2.45, 2.75) is 77.4 Å². The van der Waals surface area contributed by atoms with Crippen molar-refractivity contribution >= 4 is 11.9 Å². The Labute approximate surface area is 239 Å². The number of hydrogen-bond acceptors (Lipinski definition) is 6. The quantitative estimate of drug-likeness (QED) is 0.0852. The Morgan fingerprint density at radius 2 is 1.02 bits per heavy atom. The molecule has 0 aliphatic rings. The Bertz CT molecular complexity index is 1020. The molecule has 2 aromatic carbocycles. The molecule has 2 rings (SSSR count). The molecule has 2 unspecified atom stereocenters. The number of carbonyl (C=O) groups is 2. The molecule has 214 valence electrons. The molecule has 0 heterocycles. The van der Waals surface area contributed by atoms with E-state index in [1.807, 2.05) is 62.4 Å². The molecular formula is C34H42O6. The highest BCUT2D eigenvalue weighted by atomic mass is 16.5. The van der Waals surface area contributed by atoms with E-state index >= 15 is 0 Å². The minimum absolute atomic E-state index is 0.0918. The number of esters is 2. The number of ether oxygens (including phenoxy) is 4. The summed E-state index contributed by atoms with van der Waals surface area (Å²) in [6.45, 7) is 11.9. The molecular weight excluding hydrogens is 504 g/mol. The van der Waals surface area contributed by atoms with Gasteiger partial charge in [0.25, 0.3) is 0 Å². The Hall–Kier alpha value is -3.98. The molecule has 0 fully saturated rings. The second-order valence-electron chi connectivity index (χ2n) is 9.60. The van der Waals surface area contributed by atoms with E-state index in [2.05, 4.69) is 25.0 Å². The minimum atomic E-state index is -0.371. The second-order valence-corrected chi connectivity index (χ2v) is 9.60. The van der Waals surface area contributed by atoms with Crippen LogP contribution in [0.4, 0.5) is 0 Å². The van der Waals surface area contributed by atoms with Gasteiger partial charge in [0.15, 0.2) is 0 Å². The summed E-state index contributed by atoms with van der Waals surface area (Å²) in [4.78, 5) is 22.3. The fraction of sp³-hybridized carbons (Fsp3) is 0.412. The number of benzene rings is 2. The van der Waals surface area contributed by atoms with Crippen LogP contribution in [-0.4, -0.2) is 37.4 Å². The van der Waals surface area contributed by atoms with Crippen molar-refractivity contribution in [1.29, 1.82) is 0 Å². The third-order valence-corrected chi connectivity index (χ3v) is 6.08. The Balaban J connectivity index is 1.61. The third kappa shape index (κ3) is 14.2. The van der Waals surface area contributed by atoms with E-state index in [0.717, 1.165) is 74.0 Å². The minimum Gasteiger partial charge on any atom is -0.494 e. The standard InChI is InChI=1S/C34H42O6/c1-5-33(35)39-27(3)13-9-7-11-25-37-31-21-17-29(18-22-31)15-16-30-19-23-32(24-20-30)38-26-12-8-10-14-28(4)40-34(36)6-2/h5-6,17-24,27-28H,1-2,7-14,25-26H2,3-4H3. The molecule has 2 atom stereocenters. The van der Waals surface area contributed by atoms with Crippen LogP contribution < -0.4 is 9.47 Å². The maximum Gasteiger partial charge on any atom is 0.330 e. The second kappa shape index (κ2) is 19.1. The Morgan fingerprint density at radius 3 is 1.38 bits per heavy atom. The van der Waals surface area contributed by atoms with Crippen LogP contribution in [0.1, 0.15) is 76.3 Å². The van der Waals surface area contributed by atoms with E-state index < -0.39 is 0 Å². The maximum absolute atomic E-state index is 11.2. The molecule has 0 radical (unpaired) electrons. The number of rotatable bonds is 18. The van der Waals surface area contributed by atoms with Gasteiger partial charge in [0.2, 0.25) is 0 Å². The molecule has 0 saturated heterocycles. The summed E-state index contributed by atoms with van der Waals surface area (Å²) in [5.74, 6) is 7.28. The lowest BCUT2D eigenvalue weighted by molar-refractivity contribution is -0.143. The van der Waals surface area contributed by atoms with Crippen LogP contribution >= 0.6 is 0 Å². The van der Waals surface area contributed by atoms with Gasteiger partial charge in [-0.15, -0.1) is 0 Å². The maximum atomic E-state index is 11.2. The van der Waals surface area contributed by atoms with Gasteiger partial charge in [-0.2, -0.15) is 0 Å². The summed E-state index contributed by atoms with van der Waals surface area (Å²) in [6, 6.07) is 15.6. The molecule has 0 amide bonds. The fourth-order valence-corrected chi connectivity index (χ4v) is 3.83. The van der Waals surface area contributed by atoms with E-state index in [1.165, 1.54) is 12.2 Å². The summed E-state index contributed by atoms with van der Waals surface area (Å²) in [6.07, 6.45) is 9.74. The highest BCUT2D eigenvalue weighted by molar-refractivity contribution is 5.81. The van der Waals surface area contributed by atoms with Gasteiger partial charge in [-0.1, -0.05) is 25.0 Å². The number of unbranched alkanes of at least 4 members (excludes halogenated alkanes) is 4. The van der Waals surface area contributed by atoms with E-state index in [1.54, 1.807) is 0 Å². The average molecular weight is 547 g/mol. The molecule has 2 aromatic rings. The summed E-state index contributed by atoms with van der Waals surface area (Å²) in [7, 11) is 0. The van der Waals surface area contributed by atoms with Gasteiger partial charge in [0.1, 0.15) is 11.5 Å². The van der Waals surface area contributed by atoms with Gasteiger partial charge in [0, 0.05) is 23.3 Å². The first-order valence-corrected chi connectivity index (χ1v) is 14.0. The lowest BCUT2D eigenvalue weighted by Gasteiger charge is -2.11. The van der Waals surface area contributed by atoms with Crippen LogP contribution in [0.15, 0.2) is 73.8 Å². The Morgan fingerprint density at radius 1 is 0.650 bits per heavy atom.